The molecule has 3 aromatic rings. The van der Waals surface area contributed by atoms with E-state index in [1.54, 1.807) is 12.1 Å². The topological polar surface area (TPSA) is 114 Å². The molecule has 1 amide bonds. The number of furan rings is 1. The summed E-state index contributed by atoms with van der Waals surface area (Å²) in [4.78, 5) is 19.2. The molecule has 1 aliphatic heterocycles. The normalized spacial score (nSPS) is 13.9. The van der Waals surface area contributed by atoms with E-state index in [1.807, 2.05) is 36.9 Å². The number of hydrogen-bond donors (Lipinski definition) is 1. The highest BCUT2D eigenvalue weighted by atomic mass is 16.5. The number of nitrogens with zero attached hydrogens (tertiary/aromatic N) is 3. The second-order valence-electron chi connectivity index (χ2n) is 8.37. The number of carbonyl (C=O) groups excluding carboxylic acids is 1. The Hall–Kier alpha value is -3.93. The third-order valence-corrected chi connectivity index (χ3v) is 5.73. The number of rotatable bonds is 10. The molecule has 3 heterocycles. The van der Waals surface area contributed by atoms with Crippen LogP contribution in [0.1, 0.15) is 45.2 Å². The maximum atomic E-state index is 13.0. The van der Waals surface area contributed by atoms with Gasteiger partial charge in [-0.3, -0.25) is 4.79 Å². The average Bonchev–Trinajstić information content (AvgIpc) is 3.57. The lowest BCUT2D eigenvalue weighted by atomic mass is 9.96. The monoisotopic (exact) mass is 478 g/mol. The van der Waals surface area contributed by atoms with Gasteiger partial charge in [0.2, 0.25) is 17.5 Å². The van der Waals surface area contributed by atoms with E-state index in [0.29, 0.717) is 68.0 Å². The highest BCUT2D eigenvalue weighted by Crippen LogP contribution is 2.33. The third kappa shape index (κ3) is 5.77. The fourth-order valence-corrected chi connectivity index (χ4v) is 3.94. The Kier molecular flexibility index (Phi) is 7.93. The molecule has 35 heavy (non-hydrogen) atoms. The van der Waals surface area contributed by atoms with Crippen LogP contribution in [0.25, 0.3) is 11.7 Å². The first-order valence-corrected chi connectivity index (χ1v) is 12.0. The van der Waals surface area contributed by atoms with Crippen molar-refractivity contribution < 1.29 is 23.1 Å². The molecule has 2 aromatic heterocycles. The molecule has 4 rings (SSSR count). The Morgan fingerprint density at radius 1 is 1.17 bits per heavy atom. The molecule has 1 N–H and O–H groups in total. The zero-order chi connectivity index (χ0) is 24.6. The molecule has 1 aromatic carbocycles. The molecular weight excluding hydrogens is 448 g/mol. The van der Waals surface area contributed by atoms with Gasteiger partial charge in [0.1, 0.15) is 6.07 Å². The summed E-state index contributed by atoms with van der Waals surface area (Å²) in [6, 6.07) is 11.0. The molecule has 9 heteroatoms. The van der Waals surface area contributed by atoms with Gasteiger partial charge < -0.3 is 28.5 Å². The molecule has 9 nitrogen and oxygen atoms in total. The number of piperidine rings is 1. The zero-order valence-electron chi connectivity index (χ0n) is 20.1. The minimum atomic E-state index is -0.153. The van der Waals surface area contributed by atoms with Gasteiger partial charge in [0.15, 0.2) is 17.3 Å². The molecule has 184 valence electrons. The van der Waals surface area contributed by atoms with Crippen LogP contribution in [-0.2, 0) is 4.79 Å². The van der Waals surface area contributed by atoms with Crippen molar-refractivity contribution in [2.24, 2.45) is 5.92 Å². The van der Waals surface area contributed by atoms with Crippen LogP contribution >= 0.6 is 0 Å². The van der Waals surface area contributed by atoms with Crippen LogP contribution in [0.4, 0.5) is 11.6 Å². The molecule has 0 atom stereocenters. The minimum absolute atomic E-state index is 0.0392. The number of nitrogens with one attached hydrogen (secondary N) is 1. The quantitative estimate of drug-likeness (QED) is 0.421. The van der Waals surface area contributed by atoms with Crippen LogP contribution in [0.3, 0.4) is 0 Å². The van der Waals surface area contributed by atoms with E-state index in [9.17, 15) is 10.1 Å². The predicted octanol–water partition coefficient (Wildman–Crippen LogP) is 5.24. The molecule has 1 saturated heterocycles. The van der Waals surface area contributed by atoms with Gasteiger partial charge in [-0.2, -0.15) is 10.2 Å². The number of amides is 1. The third-order valence-electron chi connectivity index (χ3n) is 5.73. The van der Waals surface area contributed by atoms with Gasteiger partial charge in [-0.1, -0.05) is 13.8 Å². The van der Waals surface area contributed by atoms with E-state index in [4.69, 9.17) is 18.3 Å². The summed E-state index contributed by atoms with van der Waals surface area (Å²) in [7, 11) is 0. The summed E-state index contributed by atoms with van der Waals surface area (Å²) in [5.41, 5.74) is 0.891. The van der Waals surface area contributed by atoms with Crippen molar-refractivity contribution in [3.63, 3.8) is 0 Å². The summed E-state index contributed by atoms with van der Waals surface area (Å²) < 4.78 is 22.8. The van der Waals surface area contributed by atoms with E-state index < -0.39 is 0 Å². The first-order valence-electron chi connectivity index (χ1n) is 12.0. The van der Waals surface area contributed by atoms with Crippen molar-refractivity contribution in [3.05, 3.63) is 42.3 Å². The standard InChI is InChI=1S/C26H30N4O5/c1-3-13-32-21-8-7-19(16-23(21)33-14-4-2)28-24(31)18-9-11-30(12-10-18)26-20(17-27)29-25(35-26)22-6-5-15-34-22/h5-8,15-16,18H,3-4,9-14H2,1-2H3,(H,28,31). The molecule has 0 saturated carbocycles. The fourth-order valence-electron chi connectivity index (χ4n) is 3.94. The van der Waals surface area contributed by atoms with Crippen LogP contribution in [-0.4, -0.2) is 37.2 Å². The lowest BCUT2D eigenvalue weighted by Crippen LogP contribution is -2.38. The summed E-state index contributed by atoms with van der Waals surface area (Å²) in [5, 5.41) is 12.5. The predicted molar refractivity (Wildman–Crippen MR) is 131 cm³/mol. The Morgan fingerprint density at radius 3 is 2.57 bits per heavy atom. The second-order valence-corrected chi connectivity index (χ2v) is 8.37. The maximum Gasteiger partial charge on any atom is 0.266 e. The first kappa shape index (κ1) is 24.2. The lowest BCUT2D eigenvalue weighted by Gasteiger charge is -2.31. The highest BCUT2D eigenvalue weighted by molar-refractivity contribution is 5.93. The van der Waals surface area contributed by atoms with Gasteiger partial charge in [0, 0.05) is 30.8 Å². The van der Waals surface area contributed by atoms with Crippen LogP contribution < -0.4 is 19.7 Å². The zero-order valence-corrected chi connectivity index (χ0v) is 20.1. The molecule has 1 aliphatic rings. The summed E-state index contributed by atoms with van der Waals surface area (Å²) in [6.45, 7) is 6.43. The van der Waals surface area contributed by atoms with Crippen LogP contribution in [0.15, 0.2) is 45.4 Å². The number of hydrogen-bond acceptors (Lipinski definition) is 8. The van der Waals surface area contributed by atoms with Crippen molar-refractivity contribution in [2.75, 3.05) is 36.5 Å². The van der Waals surface area contributed by atoms with Gasteiger partial charge >= 0.3 is 0 Å². The molecule has 0 unspecified atom stereocenters. The number of benzene rings is 1. The number of anilines is 2. The highest BCUT2D eigenvalue weighted by Gasteiger charge is 2.29. The smallest absolute Gasteiger partial charge is 0.266 e. The van der Waals surface area contributed by atoms with E-state index in [1.165, 1.54) is 6.26 Å². The lowest BCUT2D eigenvalue weighted by molar-refractivity contribution is -0.120. The minimum Gasteiger partial charge on any atom is -0.490 e. The SMILES string of the molecule is CCCOc1ccc(NC(=O)C2CCN(c3oc(-c4ccco4)nc3C#N)CC2)cc1OCCC. The van der Waals surface area contributed by atoms with E-state index in [2.05, 4.69) is 16.4 Å². The van der Waals surface area contributed by atoms with E-state index in [-0.39, 0.29) is 23.4 Å². The Bertz CT molecular complexity index is 1160. The number of oxazole rings is 1. The van der Waals surface area contributed by atoms with Crippen LogP contribution in [0.2, 0.25) is 0 Å². The molecule has 0 spiro atoms. The number of aromatic nitrogens is 1. The van der Waals surface area contributed by atoms with Gasteiger partial charge in [0.05, 0.1) is 19.5 Å². The van der Waals surface area contributed by atoms with Crippen molar-refractivity contribution >= 4 is 17.5 Å². The summed E-state index contributed by atoms with van der Waals surface area (Å²) >= 11 is 0. The van der Waals surface area contributed by atoms with Crippen LogP contribution in [0.5, 0.6) is 11.5 Å². The molecule has 0 aliphatic carbocycles. The molecular formula is C26H30N4O5. The van der Waals surface area contributed by atoms with Crippen molar-refractivity contribution in [2.45, 2.75) is 39.5 Å². The Labute approximate surface area is 204 Å². The number of ether oxygens (including phenoxy) is 2. The fraction of sp³-hybridized carbons (Fsp3) is 0.423. The maximum absolute atomic E-state index is 13.0. The van der Waals surface area contributed by atoms with Gasteiger partial charge in [-0.15, -0.1) is 0 Å². The number of carbonyl (C=O) groups is 1. The number of nitriles is 1. The second kappa shape index (κ2) is 11.5. The summed E-state index contributed by atoms with van der Waals surface area (Å²) in [5.74, 6) is 2.28. The Morgan fingerprint density at radius 2 is 1.91 bits per heavy atom. The van der Waals surface area contributed by atoms with Crippen LogP contribution in [0, 0.1) is 17.2 Å². The van der Waals surface area contributed by atoms with Gasteiger partial charge in [-0.05, 0) is 49.9 Å². The van der Waals surface area contributed by atoms with Crippen molar-refractivity contribution in [1.29, 1.82) is 5.26 Å². The molecule has 1 fully saturated rings. The van der Waals surface area contributed by atoms with Crippen molar-refractivity contribution in [3.8, 4) is 29.2 Å². The van der Waals surface area contributed by atoms with E-state index >= 15 is 0 Å². The summed E-state index contributed by atoms with van der Waals surface area (Å²) in [6.07, 6.45) is 4.57. The van der Waals surface area contributed by atoms with Gasteiger partial charge in [-0.25, -0.2) is 0 Å². The Balaban J connectivity index is 1.38. The molecule has 0 bridgehead atoms. The molecule has 0 radical (unpaired) electrons. The van der Waals surface area contributed by atoms with Crippen molar-refractivity contribution in [1.82, 2.24) is 4.98 Å². The first-order chi connectivity index (χ1) is 17.1. The van der Waals surface area contributed by atoms with E-state index in [0.717, 1.165) is 12.8 Å². The largest absolute Gasteiger partial charge is 0.490 e. The average molecular weight is 479 g/mol. The van der Waals surface area contributed by atoms with Gasteiger partial charge in [0.25, 0.3) is 5.89 Å².